The van der Waals surface area contributed by atoms with Gasteiger partial charge in [-0.25, -0.2) is 13.1 Å². The van der Waals surface area contributed by atoms with E-state index in [0.29, 0.717) is 29.2 Å². The third-order valence-electron chi connectivity index (χ3n) is 2.90. The van der Waals surface area contributed by atoms with E-state index in [9.17, 15) is 8.42 Å². The first-order valence-corrected chi connectivity index (χ1v) is 9.33. The second kappa shape index (κ2) is 5.96. The topological polar surface area (TPSA) is 64.6 Å². The van der Waals surface area contributed by atoms with Crippen molar-refractivity contribution in [3.05, 3.63) is 39.7 Å². The van der Waals surface area contributed by atoms with Crippen molar-refractivity contribution in [2.24, 2.45) is 0 Å². The molecule has 8 heteroatoms. The van der Waals surface area contributed by atoms with Crippen LogP contribution in [-0.2, 0) is 16.6 Å². The summed E-state index contributed by atoms with van der Waals surface area (Å²) < 4.78 is 38.7. The fourth-order valence-electron chi connectivity index (χ4n) is 1.91. The quantitative estimate of drug-likeness (QED) is 0.872. The van der Waals surface area contributed by atoms with E-state index in [1.165, 1.54) is 11.3 Å². The lowest BCUT2D eigenvalue weighted by Gasteiger charge is -2.18. The zero-order valence-corrected chi connectivity index (χ0v) is 14.1. The van der Waals surface area contributed by atoms with Crippen molar-refractivity contribution < 1.29 is 17.9 Å². The highest BCUT2D eigenvalue weighted by Crippen LogP contribution is 2.31. The molecule has 1 aliphatic rings. The number of benzene rings is 1. The van der Waals surface area contributed by atoms with E-state index in [0.717, 1.165) is 5.56 Å². The standard InChI is InChI=1S/C13H12BrNO4S2/c14-10-3-6-20-13(10)21(16,17)15-8-9-1-2-11-12(7-9)19-5-4-18-11/h1-3,6-7,15H,4-5,8H2. The fraction of sp³-hybridized carbons (Fsp3) is 0.231. The van der Waals surface area contributed by atoms with Crippen molar-refractivity contribution in [3.63, 3.8) is 0 Å². The highest BCUT2D eigenvalue weighted by Gasteiger charge is 2.19. The van der Waals surface area contributed by atoms with Crippen molar-refractivity contribution >= 4 is 37.3 Å². The van der Waals surface area contributed by atoms with E-state index in [1.54, 1.807) is 23.6 Å². The summed E-state index contributed by atoms with van der Waals surface area (Å²) in [4.78, 5) is 0. The Morgan fingerprint density at radius 2 is 1.95 bits per heavy atom. The Kier molecular flexibility index (Phi) is 4.21. The summed E-state index contributed by atoms with van der Waals surface area (Å²) in [5, 5.41) is 1.72. The summed E-state index contributed by atoms with van der Waals surface area (Å²) in [6.07, 6.45) is 0. The molecule has 1 aliphatic heterocycles. The number of sulfonamides is 1. The molecule has 0 bridgehead atoms. The molecule has 0 atom stereocenters. The van der Waals surface area contributed by atoms with Crippen LogP contribution < -0.4 is 14.2 Å². The van der Waals surface area contributed by atoms with Gasteiger partial charge in [0.2, 0.25) is 0 Å². The lowest BCUT2D eigenvalue weighted by molar-refractivity contribution is 0.171. The minimum atomic E-state index is -3.52. The van der Waals surface area contributed by atoms with Crippen LogP contribution in [0.15, 0.2) is 38.3 Å². The highest BCUT2D eigenvalue weighted by molar-refractivity contribution is 9.10. The van der Waals surface area contributed by atoms with Crippen molar-refractivity contribution in [3.8, 4) is 11.5 Å². The smallest absolute Gasteiger partial charge is 0.251 e. The van der Waals surface area contributed by atoms with Crippen LogP contribution in [0.1, 0.15) is 5.56 Å². The van der Waals surface area contributed by atoms with Crippen LogP contribution >= 0.6 is 27.3 Å². The molecule has 0 saturated heterocycles. The maximum atomic E-state index is 12.2. The molecule has 0 spiro atoms. The summed E-state index contributed by atoms with van der Waals surface area (Å²) >= 11 is 4.40. The van der Waals surface area contributed by atoms with Gasteiger partial charge in [-0.3, -0.25) is 0 Å². The predicted octanol–water partition coefficient (Wildman–Crippen LogP) is 2.76. The van der Waals surface area contributed by atoms with Crippen molar-refractivity contribution in [2.45, 2.75) is 10.8 Å². The van der Waals surface area contributed by atoms with Gasteiger partial charge in [0.15, 0.2) is 11.5 Å². The molecule has 1 aromatic heterocycles. The largest absolute Gasteiger partial charge is 0.486 e. The zero-order valence-electron chi connectivity index (χ0n) is 10.8. The van der Waals surface area contributed by atoms with Gasteiger partial charge in [0.05, 0.1) is 0 Å². The summed E-state index contributed by atoms with van der Waals surface area (Å²) in [6.45, 7) is 1.24. The van der Waals surface area contributed by atoms with Gasteiger partial charge >= 0.3 is 0 Å². The number of hydrogen-bond acceptors (Lipinski definition) is 5. The second-order valence-electron chi connectivity index (χ2n) is 4.36. The van der Waals surface area contributed by atoms with E-state index in [4.69, 9.17) is 9.47 Å². The molecular weight excluding hydrogens is 378 g/mol. The van der Waals surface area contributed by atoms with Crippen molar-refractivity contribution in [2.75, 3.05) is 13.2 Å². The normalized spacial score (nSPS) is 14.1. The van der Waals surface area contributed by atoms with Crippen LogP contribution in [0.2, 0.25) is 0 Å². The summed E-state index contributed by atoms with van der Waals surface area (Å²) in [5.41, 5.74) is 0.815. The monoisotopic (exact) mass is 389 g/mol. The van der Waals surface area contributed by atoms with Gasteiger partial charge in [-0.15, -0.1) is 11.3 Å². The Bertz CT molecular complexity index is 757. The molecule has 112 valence electrons. The summed E-state index contributed by atoms with van der Waals surface area (Å²) in [5.74, 6) is 1.34. The molecule has 21 heavy (non-hydrogen) atoms. The second-order valence-corrected chi connectivity index (χ2v) is 8.09. The van der Waals surface area contributed by atoms with E-state index in [-0.39, 0.29) is 10.8 Å². The molecule has 5 nitrogen and oxygen atoms in total. The van der Waals surface area contributed by atoms with Gasteiger partial charge in [-0.05, 0) is 45.1 Å². The Labute approximate surface area is 135 Å². The highest BCUT2D eigenvalue weighted by atomic mass is 79.9. The van der Waals surface area contributed by atoms with Crippen LogP contribution in [0, 0.1) is 0 Å². The van der Waals surface area contributed by atoms with Gasteiger partial charge in [-0.1, -0.05) is 6.07 Å². The van der Waals surface area contributed by atoms with Gasteiger partial charge in [0.1, 0.15) is 17.4 Å². The Morgan fingerprint density at radius 3 is 2.67 bits per heavy atom. The number of halogens is 1. The number of ether oxygens (including phenoxy) is 2. The molecule has 2 aromatic rings. The van der Waals surface area contributed by atoms with Gasteiger partial charge in [-0.2, -0.15) is 0 Å². The molecule has 1 N–H and O–H groups in total. The third kappa shape index (κ3) is 3.23. The molecular formula is C13H12BrNO4S2. The maximum Gasteiger partial charge on any atom is 0.251 e. The average molecular weight is 390 g/mol. The van der Waals surface area contributed by atoms with Gasteiger partial charge in [0.25, 0.3) is 10.0 Å². The van der Waals surface area contributed by atoms with Crippen LogP contribution in [0.3, 0.4) is 0 Å². The van der Waals surface area contributed by atoms with Crippen molar-refractivity contribution in [1.29, 1.82) is 0 Å². The Morgan fingerprint density at radius 1 is 1.19 bits per heavy atom. The zero-order chi connectivity index (χ0) is 14.9. The molecule has 3 rings (SSSR count). The molecule has 0 radical (unpaired) electrons. The van der Waals surface area contributed by atoms with Crippen LogP contribution in [-0.4, -0.2) is 21.6 Å². The predicted molar refractivity (Wildman–Crippen MR) is 83.5 cm³/mol. The van der Waals surface area contributed by atoms with Gasteiger partial charge in [0, 0.05) is 11.0 Å². The molecule has 0 fully saturated rings. The fourth-order valence-corrected chi connectivity index (χ4v) is 5.31. The number of nitrogens with one attached hydrogen (secondary N) is 1. The number of rotatable bonds is 4. The first-order valence-electron chi connectivity index (χ1n) is 6.17. The van der Waals surface area contributed by atoms with Crippen LogP contribution in [0.4, 0.5) is 0 Å². The molecule has 0 aliphatic carbocycles. The van der Waals surface area contributed by atoms with E-state index >= 15 is 0 Å². The lowest BCUT2D eigenvalue weighted by Crippen LogP contribution is -2.23. The van der Waals surface area contributed by atoms with E-state index < -0.39 is 10.0 Å². The molecule has 1 aromatic carbocycles. The van der Waals surface area contributed by atoms with E-state index in [2.05, 4.69) is 20.7 Å². The lowest BCUT2D eigenvalue weighted by atomic mass is 10.2. The third-order valence-corrected chi connectivity index (χ3v) is 6.97. The first kappa shape index (κ1) is 14.8. The maximum absolute atomic E-state index is 12.2. The molecule has 0 saturated carbocycles. The van der Waals surface area contributed by atoms with Crippen LogP contribution in [0.5, 0.6) is 11.5 Å². The summed E-state index contributed by atoms with van der Waals surface area (Å²) in [7, 11) is -3.52. The molecule has 0 amide bonds. The first-order chi connectivity index (χ1) is 10.1. The minimum absolute atomic E-state index is 0.198. The number of hydrogen-bond donors (Lipinski definition) is 1. The van der Waals surface area contributed by atoms with E-state index in [1.807, 2.05) is 6.07 Å². The summed E-state index contributed by atoms with van der Waals surface area (Å²) in [6, 6.07) is 7.11. The Hall–Kier alpha value is -1.09. The average Bonchev–Trinajstić information content (AvgIpc) is 2.92. The van der Waals surface area contributed by atoms with Gasteiger partial charge < -0.3 is 9.47 Å². The minimum Gasteiger partial charge on any atom is -0.486 e. The van der Waals surface area contributed by atoms with Crippen LogP contribution in [0.25, 0.3) is 0 Å². The molecule has 2 heterocycles. The molecule has 0 unspecified atom stereocenters. The SMILES string of the molecule is O=S(=O)(NCc1ccc2c(c1)OCCO2)c1sccc1Br. The number of fused-ring (bicyclic) bond motifs is 1. The number of thiophene rings is 1. The van der Waals surface area contributed by atoms with Crippen molar-refractivity contribution in [1.82, 2.24) is 4.72 Å². The Balaban J connectivity index is 1.74.